The van der Waals surface area contributed by atoms with Crippen molar-refractivity contribution in [2.45, 2.75) is 31.2 Å². The third-order valence-electron chi connectivity index (χ3n) is 5.39. The van der Waals surface area contributed by atoms with Crippen molar-refractivity contribution in [2.75, 3.05) is 27.7 Å². The minimum atomic E-state index is -3.53. The van der Waals surface area contributed by atoms with E-state index >= 15 is 0 Å². The first-order valence-corrected chi connectivity index (χ1v) is 11.9. The highest BCUT2D eigenvalue weighted by molar-refractivity contribution is 7.89. The Morgan fingerprint density at radius 2 is 1.84 bits per heavy atom. The van der Waals surface area contributed by atoms with Crippen LogP contribution >= 0.6 is 0 Å². The molecule has 1 aromatic heterocycles. The molecule has 2 aromatic carbocycles. The van der Waals surface area contributed by atoms with E-state index in [1.807, 2.05) is 42.8 Å². The lowest BCUT2D eigenvalue weighted by atomic mass is 10.2. The number of hydrogen-bond donors (Lipinski definition) is 0. The van der Waals surface area contributed by atoms with Crippen LogP contribution in [0.4, 0.5) is 0 Å². The number of ether oxygens (including phenoxy) is 1. The maximum Gasteiger partial charge on any atom is 0.242 e. The fourth-order valence-electron chi connectivity index (χ4n) is 3.51. The van der Waals surface area contributed by atoms with Crippen LogP contribution in [0, 0.1) is 0 Å². The molecule has 1 heterocycles. The molecule has 0 aliphatic carbocycles. The average Bonchev–Trinajstić information content (AvgIpc) is 3.08. The lowest BCUT2D eigenvalue weighted by Crippen LogP contribution is -2.27. The van der Waals surface area contributed by atoms with Gasteiger partial charge in [-0.1, -0.05) is 18.2 Å². The molecule has 8 nitrogen and oxygen atoms in total. The quantitative estimate of drug-likeness (QED) is 0.492. The Kier molecular flexibility index (Phi) is 7.20. The zero-order valence-corrected chi connectivity index (χ0v) is 20.0. The highest BCUT2D eigenvalue weighted by Crippen LogP contribution is 2.23. The van der Waals surface area contributed by atoms with Crippen LogP contribution in [0.25, 0.3) is 11.0 Å². The van der Waals surface area contributed by atoms with Crippen LogP contribution in [0.2, 0.25) is 0 Å². The van der Waals surface area contributed by atoms with Crippen molar-refractivity contribution in [2.24, 2.45) is 7.05 Å². The molecule has 3 aromatic rings. The van der Waals surface area contributed by atoms with Gasteiger partial charge in [-0.05, 0) is 31.2 Å². The van der Waals surface area contributed by atoms with E-state index in [0.717, 1.165) is 22.7 Å². The van der Waals surface area contributed by atoms with Gasteiger partial charge in [-0.15, -0.1) is 0 Å². The second-order valence-corrected chi connectivity index (χ2v) is 9.97. The fourth-order valence-corrected chi connectivity index (χ4v) is 4.43. The summed E-state index contributed by atoms with van der Waals surface area (Å²) in [6, 6.07) is 12.6. The number of carbonyl (C=O) groups is 1. The molecule has 0 saturated heterocycles. The monoisotopic (exact) mass is 458 g/mol. The van der Waals surface area contributed by atoms with E-state index in [1.54, 1.807) is 30.1 Å². The molecule has 1 amide bonds. The van der Waals surface area contributed by atoms with Gasteiger partial charge >= 0.3 is 0 Å². The van der Waals surface area contributed by atoms with E-state index < -0.39 is 10.0 Å². The Morgan fingerprint density at radius 1 is 1.12 bits per heavy atom. The maximum atomic E-state index is 12.7. The number of aryl methyl sites for hydroxylation is 2. The van der Waals surface area contributed by atoms with Gasteiger partial charge in [0.15, 0.2) is 0 Å². The summed E-state index contributed by atoms with van der Waals surface area (Å²) >= 11 is 0. The Bertz CT molecular complexity index is 1220. The summed E-state index contributed by atoms with van der Waals surface area (Å²) < 4.78 is 33.5. The van der Waals surface area contributed by atoms with E-state index in [4.69, 9.17) is 4.74 Å². The molecular weight excluding hydrogens is 428 g/mol. The lowest BCUT2D eigenvalue weighted by Gasteiger charge is -2.19. The van der Waals surface area contributed by atoms with Crippen molar-refractivity contribution in [3.63, 3.8) is 0 Å². The van der Waals surface area contributed by atoms with Crippen molar-refractivity contribution in [3.8, 4) is 5.75 Å². The molecule has 0 fully saturated rings. The molecule has 0 atom stereocenters. The highest BCUT2D eigenvalue weighted by Gasteiger charge is 2.20. The van der Waals surface area contributed by atoms with Gasteiger partial charge in [0.05, 0.1) is 22.5 Å². The Hall–Kier alpha value is -2.91. The van der Waals surface area contributed by atoms with Gasteiger partial charge < -0.3 is 14.2 Å². The average molecular weight is 459 g/mol. The molecule has 0 bridgehead atoms. The van der Waals surface area contributed by atoms with Gasteiger partial charge in [0.1, 0.15) is 11.6 Å². The number of carbonyl (C=O) groups excluding carboxylic acids is 1. The van der Waals surface area contributed by atoms with Crippen molar-refractivity contribution in [3.05, 3.63) is 53.9 Å². The minimum absolute atomic E-state index is 0.000711. The highest BCUT2D eigenvalue weighted by atomic mass is 32.2. The number of nitrogens with zero attached hydrogens (tertiary/aromatic N) is 4. The van der Waals surface area contributed by atoms with Gasteiger partial charge in [-0.25, -0.2) is 17.7 Å². The molecule has 3 rings (SSSR count). The third kappa shape index (κ3) is 4.94. The number of benzene rings is 2. The maximum absolute atomic E-state index is 12.7. The van der Waals surface area contributed by atoms with E-state index in [1.165, 1.54) is 18.4 Å². The molecule has 0 radical (unpaired) electrons. The number of fused-ring (bicyclic) bond motifs is 1. The largest absolute Gasteiger partial charge is 0.494 e. The van der Waals surface area contributed by atoms with Crippen LogP contribution in [-0.4, -0.2) is 60.8 Å². The number of para-hydroxylation sites is 1. The second kappa shape index (κ2) is 9.70. The van der Waals surface area contributed by atoms with Crippen LogP contribution < -0.4 is 4.74 Å². The standard InChI is InChI=1S/C23H30N4O4S/c1-6-31-21-10-8-7-9-17(21)16-26(4)23(28)14-13-22-24-19-15-18(32(29,30)25(2)3)11-12-20(19)27(22)5/h7-12,15H,6,13-14,16H2,1-5H3. The summed E-state index contributed by atoms with van der Waals surface area (Å²) in [5.41, 5.74) is 2.38. The molecule has 32 heavy (non-hydrogen) atoms. The summed E-state index contributed by atoms with van der Waals surface area (Å²) in [5.74, 6) is 1.52. The Morgan fingerprint density at radius 3 is 2.53 bits per heavy atom. The van der Waals surface area contributed by atoms with E-state index in [0.29, 0.717) is 31.5 Å². The van der Waals surface area contributed by atoms with Crippen LogP contribution in [0.1, 0.15) is 24.7 Å². The first kappa shape index (κ1) is 23.7. The van der Waals surface area contributed by atoms with Crippen molar-refractivity contribution in [1.29, 1.82) is 0 Å². The summed E-state index contributed by atoms with van der Waals surface area (Å²) in [7, 11) is 3.11. The molecule has 0 aliphatic rings. The van der Waals surface area contributed by atoms with Crippen molar-refractivity contribution >= 4 is 27.0 Å². The molecule has 0 aliphatic heterocycles. The molecule has 172 valence electrons. The first-order valence-electron chi connectivity index (χ1n) is 10.5. The molecule has 9 heteroatoms. The zero-order chi connectivity index (χ0) is 23.5. The smallest absolute Gasteiger partial charge is 0.242 e. The molecule has 0 N–H and O–H groups in total. The van der Waals surface area contributed by atoms with Crippen LogP contribution in [0.3, 0.4) is 0 Å². The predicted octanol–water partition coefficient (Wildman–Crippen LogP) is 2.81. The third-order valence-corrected chi connectivity index (χ3v) is 7.20. The van der Waals surface area contributed by atoms with Crippen LogP contribution in [0.5, 0.6) is 5.75 Å². The van der Waals surface area contributed by atoms with Gasteiger partial charge in [-0.3, -0.25) is 4.79 Å². The van der Waals surface area contributed by atoms with Crippen molar-refractivity contribution < 1.29 is 17.9 Å². The number of rotatable bonds is 9. The van der Waals surface area contributed by atoms with Gasteiger partial charge in [0, 0.05) is 53.1 Å². The SMILES string of the molecule is CCOc1ccccc1CN(C)C(=O)CCc1nc2cc(S(=O)(=O)N(C)C)ccc2n1C. The number of imidazole rings is 1. The van der Waals surface area contributed by atoms with Crippen LogP contribution in [-0.2, 0) is 34.8 Å². The molecular formula is C23H30N4O4S. The predicted molar refractivity (Wildman–Crippen MR) is 124 cm³/mol. The summed E-state index contributed by atoms with van der Waals surface area (Å²) in [5, 5.41) is 0. The van der Waals surface area contributed by atoms with E-state index in [-0.39, 0.29) is 10.8 Å². The summed E-state index contributed by atoms with van der Waals surface area (Å²) in [4.78, 5) is 19.2. The topological polar surface area (TPSA) is 84.7 Å². The van der Waals surface area contributed by atoms with Gasteiger partial charge in [-0.2, -0.15) is 0 Å². The van der Waals surface area contributed by atoms with Gasteiger partial charge in [0.2, 0.25) is 15.9 Å². The number of amides is 1. The van der Waals surface area contributed by atoms with Gasteiger partial charge in [0.25, 0.3) is 0 Å². The lowest BCUT2D eigenvalue weighted by molar-refractivity contribution is -0.130. The Balaban J connectivity index is 1.71. The molecule has 0 unspecified atom stereocenters. The number of sulfonamides is 1. The summed E-state index contributed by atoms with van der Waals surface area (Å²) in [6.07, 6.45) is 0.755. The minimum Gasteiger partial charge on any atom is -0.494 e. The number of hydrogen-bond acceptors (Lipinski definition) is 5. The molecule has 0 saturated carbocycles. The molecule has 0 spiro atoms. The van der Waals surface area contributed by atoms with Crippen LogP contribution in [0.15, 0.2) is 47.4 Å². The summed E-state index contributed by atoms with van der Waals surface area (Å²) in [6.45, 7) is 2.96. The zero-order valence-electron chi connectivity index (χ0n) is 19.2. The Labute approximate surface area is 189 Å². The number of aromatic nitrogens is 2. The van der Waals surface area contributed by atoms with E-state index in [2.05, 4.69) is 4.98 Å². The fraction of sp³-hybridized carbons (Fsp3) is 0.391. The van der Waals surface area contributed by atoms with Crippen molar-refractivity contribution in [1.82, 2.24) is 18.8 Å². The van der Waals surface area contributed by atoms with E-state index in [9.17, 15) is 13.2 Å². The normalized spacial score (nSPS) is 11.8. The first-order chi connectivity index (χ1) is 15.1. The second-order valence-electron chi connectivity index (χ2n) is 7.82.